The van der Waals surface area contributed by atoms with Crippen LogP contribution in [0.25, 0.3) is 5.82 Å². The molecular formula is C17H24N6O. The molecule has 1 N–H and O–H groups in total. The smallest absolute Gasteiger partial charge is 0.227 e. The number of nitrogens with one attached hydrogen (secondary N) is 1. The van der Waals surface area contributed by atoms with Crippen LogP contribution in [0.4, 0.5) is 5.82 Å². The summed E-state index contributed by atoms with van der Waals surface area (Å²) >= 11 is 0. The van der Waals surface area contributed by atoms with E-state index in [1.165, 1.54) is 0 Å². The van der Waals surface area contributed by atoms with Gasteiger partial charge in [-0.2, -0.15) is 5.10 Å². The van der Waals surface area contributed by atoms with E-state index in [0.29, 0.717) is 13.1 Å². The lowest BCUT2D eigenvalue weighted by Gasteiger charge is -2.40. The molecule has 0 spiro atoms. The Kier molecular flexibility index (Phi) is 4.03. The SMILES string of the molecule is Cc1cc(C)n(-c2cc(N3CC(C(=O)NC(C)(C)C)C3)ncn2)n1. The predicted molar refractivity (Wildman–Crippen MR) is 92.2 cm³/mol. The lowest BCUT2D eigenvalue weighted by molar-refractivity contribution is -0.127. The Morgan fingerprint density at radius 2 is 1.83 bits per heavy atom. The summed E-state index contributed by atoms with van der Waals surface area (Å²) in [6.45, 7) is 11.3. The first-order chi connectivity index (χ1) is 11.2. The molecule has 1 amide bonds. The summed E-state index contributed by atoms with van der Waals surface area (Å²) < 4.78 is 1.81. The van der Waals surface area contributed by atoms with E-state index in [1.807, 2.05) is 51.4 Å². The summed E-state index contributed by atoms with van der Waals surface area (Å²) in [4.78, 5) is 22.9. The van der Waals surface area contributed by atoms with Gasteiger partial charge in [0.2, 0.25) is 5.91 Å². The third-order valence-electron chi connectivity index (χ3n) is 3.94. The number of hydrogen-bond donors (Lipinski definition) is 1. The summed E-state index contributed by atoms with van der Waals surface area (Å²) in [6, 6.07) is 3.93. The van der Waals surface area contributed by atoms with Gasteiger partial charge < -0.3 is 10.2 Å². The Morgan fingerprint density at radius 3 is 2.42 bits per heavy atom. The first-order valence-electron chi connectivity index (χ1n) is 8.15. The maximum Gasteiger partial charge on any atom is 0.227 e. The summed E-state index contributed by atoms with van der Waals surface area (Å²) in [7, 11) is 0. The van der Waals surface area contributed by atoms with Crippen molar-refractivity contribution in [2.75, 3.05) is 18.0 Å². The van der Waals surface area contributed by atoms with Crippen molar-refractivity contribution >= 4 is 11.7 Å². The number of rotatable bonds is 3. The van der Waals surface area contributed by atoms with Crippen LogP contribution in [-0.4, -0.2) is 44.3 Å². The Morgan fingerprint density at radius 1 is 1.17 bits per heavy atom. The second-order valence-electron chi connectivity index (χ2n) is 7.41. The molecule has 128 valence electrons. The van der Waals surface area contributed by atoms with Crippen LogP contribution in [0.2, 0.25) is 0 Å². The topological polar surface area (TPSA) is 75.9 Å². The van der Waals surface area contributed by atoms with Crippen molar-refractivity contribution in [1.82, 2.24) is 25.1 Å². The minimum absolute atomic E-state index is 0.0105. The van der Waals surface area contributed by atoms with Gasteiger partial charge in [-0.1, -0.05) is 0 Å². The van der Waals surface area contributed by atoms with E-state index in [2.05, 4.69) is 25.3 Å². The van der Waals surface area contributed by atoms with Crippen molar-refractivity contribution in [3.63, 3.8) is 0 Å². The minimum atomic E-state index is -0.199. The van der Waals surface area contributed by atoms with E-state index in [-0.39, 0.29) is 17.4 Å². The summed E-state index contributed by atoms with van der Waals surface area (Å²) in [5.41, 5.74) is 1.79. The molecular weight excluding hydrogens is 304 g/mol. The molecule has 2 aromatic rings. The van der Waals surface area contributed by atoms with Crippen molar-refractivity contribution in [3.05, 3.63) is 29.8 Å². The van der Waals surface area contributed by atoms with Gasteiger partial charge in [0.05, 0.1) is 11.6 Å². The number of carbonyl (C=O) groups excluding carboxylic acids is 1. The Labute approximate surface area is 142 Å². The fourth-order valence-corrected chi connectivity index (χ4v) is 2.79. The van der Waals surface area contributed by atoms with Crippen molar-refractivity contribution in [2.24, 2.45) is 5.92 Å². The molecule has 1 aliphatic rings. The number of nitrogens with zero attached hydrogens (tertiary/aromatic N) is 5. The Balaban J connectivity index is 1.69. The van der Waals surface area contributed by atoms with E-state index in [1.54, 1.807) is 6.33 Å². The van der Waals surface area contributed by atoms with E-state index in [0.717, 1.165) is 23.0 Å². The molecule has 3 rings (SSSR count). The van der Waals surface area contributed by atoms with Crippen molar-refractivity contribution < 1.29 is 4.79 Å². The molecule has 24 heavy (non-hydrogen) atoms. The number of amides is 1. The van der Waals surface area contributed by atoms with Crippen LogP contribution < -0.4 is 10.2 Å². The maximum absolute atomic E-state index is 12.2. The number of aryl methyl sites for hydroxylation is 2. The van der Waals surface area contributed by atoms with Crippen LogP contribution in [0, 0.1) is 19.8 Å². The first-order valence-corrected chi connectivity index (χ1v) is 8.15. The highest BCUT2D eigenvalue weighted by molar-refractivity contribution is 5.82. The average molecular weight is 328 g/mol. The zero-order valence-corrected chi connectivity index (χ0v) is 14.9. The second-order valence-corrected chi connectivity index (χ2v) is 7.41. The molecule has 0 aromatic carbocycles. The number of hydrogen-bond acceptors (Lipinski definition) is 5. The predicted octanol–water partition coefficient (Wildman–Crippen LogP) is 1.63. The second kappa shape index (κ2) is 5.89. The van der Waals surface area contributed by atoms with E-state index < -0.39 is 0 Å². The van der Waals surface area contributed by atoms with E-state index in [9.17, 15) is 4.79 Å². The fourth-order valence-electron chi connectivity index (χ4n) is 2.79. The van der Waals surface area contributed by atoms with Crippen LogP contribution in [-0.2, 0) is 4.79 Å². The quantitative estimate of drug-likeness (QED) is 0.927. The molecule has 0 atom stereocenters. The normalized spacial score (nSPS) is 15.3. The molecule has 2 aromatic heterocycles. The molecule has 1 fully saturated rings. The molecule has 7 heteroatoms. The van der Waals surface area contributed by atoms with Gasteiger partial charge in [-0.05, 0) is 40.7 Å². The third kappa shape index (κ3) is 3.39. The summed E-state index contributed by atoms with van der Waals surface area (Å²) in [6.07, 6.45) is 1.55. The standard InChI is InChI=1S/C17H24N6O/c1-11-6-12(2)23(21-11)15-7-14(18-10-19-15)22-8-13(9-22)16(24)20-17(3,4)5/h6-7,10,13H,8-9H2,1-5H3,(H,20,24). The largest absolute Gasteiger partial charge is 0.355 e. The molecule has 3 heterocycles. The Bertz CT molecular complexity index is 755. The van der Waals surface area contributed by atoms with Crippen molar-refractivity contribution in [3.8, 4) is 5.82 Å². The molecule has 0 unspecified atom stereocenters. The molecule has 0 bridgehead atoms. The molecule has 0 radical (unpaired) electrons. The summed E-state index contributed by atoms with van der Waals surface area (Å²) in [5, 5.41) is 7.48. The number of anilines is 1. The molecule has 0 aliphatic carbocycles. The van der Waals surface area contributed by atoms with Gasteiger partial charge in [0.15, 0.2) is 5.82 Å². The molecule has 1 aliphatic heterocycles. The van der Waals surface area contributed by atoms with E-state index >= 15 is 0 Å². The summed E-state index contributed by atoms with van der Waals surface area (Å²) in [5.74, 6) is 1.68. The molecule has 0 saturated carbocycles. The van der Waals surface area contributed by atoms with Crippen LogP contribution >= 0.6 is 0 Å². The van der Waals surface area contributed by atoms with Crippen LogP contribution in [0.15, 0.2) is 18.5 Å². The number of carbonyl (C=O) groups is 1. The lowest BCUT2D eigenvalue weighted by Crippen LogP contribution is -2.56. The van der Waals surface area contributed by atoms with Gasteiger partial charge in [0, 0.05) is 30.4 Å². The maximum atomic E-state index is 12.2. The molecule has 1 saturated heterocycles. The zero-order chi connectivity index (χ0) is 17.5. The highest BCUT2D eigenvalue weighted by Gasteiger charge is 2.35. The molecule has 7 nitrogen and oxygen atoms in total. The zero-order valence-electron chi connectivity index (χ0n) is 14.9. The van der Waals surface area contributed by atoms with Crippen LogP contribution in [0.5, 0.6) is 0 Å². The van der Waals surface area contributed by atoms with Gasteiger partial charge in [-0.3, -0.25) is 4.79 Å². The van der Waals surface area contributed by atoms with Crippen LogP contribution in [0.1, 0.15) is 32.2 Å². The van der Waals surface area contributed by atoms with Crippen LogP contribution in [0.3, 0.4) is 0 Å². The Hall–Kier alpha value is -2.44. The van der Waals surface area contributed by atoms with E-state index in [4.69, 9.17) is 0 Å². The van der Waals surface area contributed by atoms with Crippen molar-refractivity contribution in [2.45, 2.75) is 40.2 Å². The van der Waals surface area contributed by atoms with Gasteiger partial charge in [-0.25, -0.2) is 14.6 Å². The monoisotopic (exact) mass is 328 g/mol. The average Bonchev–Trinajstić information content (AvgIpc) is 2.74. The van der Waals surface area contributed by atoms with Gasteiger partial charge in [0.25, 0.3) is 0 Å². The highest BCUT2D eigenvalue weighted by atomic mass is 16.2. The van der Waals surface area contributed by atoms with Gasteiger partial charge in [-0.15, -0.1) is 0 Å². The van der Waals surface area contributed by atoms with Crippen molar-refractivity contribution in [1.29, 1.82) is 0 Å². The third-order valence-corrected chi connectivity index (χ3v) is 3.94. The highest BCUT2D eigenvalue weighted by Crippen LogP contribution is 2.24. The van der Waals surface area contributed by atoms with Gasteiger partial charge >= 0.3 is 0 Å². The number of aromatic nitrogens is 4. The minimum Gasteiger partial charge on any atom is -0.355 e. The lowest BCUT2D eigenvalue weighted by atomic mass is 9.97. The van der Waals surface area contributed by atoms with Gasteiger partial charge in [0.1, 0.15) is 12.1 Å². The first kappa shape index (κ1) is 16.4. The fraction of sp³-hybridized carbons (Fsp3) is 0.529.